The zero-order chi connectivity index (χ0) is 22.7. The van der Waals surface area contributed by atoms with E-state index in [1.807, 2.05) is 0 Å². The molecule has 0 radical (unpaired) electrons. The second-order valence-corrected chi connectivity index (χ2v) is 7.73. The van der Waals surface area contributed by atoms with Gasteiger partial charge in [-0.05, 0) is 19.0 Å². The Morgan fingerprint density at radius 2 is 1.91 bits per heavy atom. The number of aromatic nitrogens is 3. The van der Waals surface area contributed by atoms with Gasteiger partial charge in [0, 0.05) is 25.2 Å². The number of carbonyl (C=O) groups is 1. The van der Waals surface area contributed by atoms with E-state index in [2.05, 4.69) is 20.3 Å². The molecule has 1 aliphatic rings. The van der Waals surface area contributed by atoms with Crippen LogP contribution >= 0.6 is 11.6 Å². The Bertz CT molecular complexity index is 1100. The Morgan fingerprint density at radius 1 is 1.19 bits per heavy atom. The van der Waals surface area contributed by atoms with E-state index < -0.39 is 17.8 Å². The Balaban J connectivity index is 1.57. The molecule has 1 amide bonds. The quantitative estimate of drug-likeness (QED) is 0.562. The van der Waals surface area contributed by atoms with Crippen LogP contribution in [0.5, 0.6) is 0 Å². The van der Waals surface area contributed by atoms with Gasteiger partial charge in [-0.15, -0.1) is 0 Å². The van der Waals surface area contributed by atoms with Crippen LogP contribution < -0.4 is 5.32 Å². The van der Waals surface area contributed by atoms with Gasteiger partial charge >= 0.3 is 6.18 Å². The molecule has 1 saturated heterocycles. The maximum Gasteiger partial charge on any atom is 0.433 e. The molecule has 1 aromatic carbocycles. The van der Waals surface area contributed by atoms with E-state index in [0.717, 1.165) is 25.7 Å². The molecule has 0 saturated carbocycles. The molecule has 4 rings (SSSR count). The smallest absolute Gasteiger partial charge is 0.379 e. The van der Waals surface area contributed by atoms with Crippen LogP contribution in [0.4, 0.5) is 13.2 Å². The molecular formula is C21H21ClF3N5O2. The SMILES string of the molecule is O=C(NCCCN1CCOCC1)c1nn2c(C(F)(F)F)cc(-c3ccccc3)nc2c1Cl. The van der Waals surface area contributed by atoms with Crippen LogP contribution in [0, 0.1) is 0 Å². The summed E-state index contributed by atoms with van der Waals surface area (Å²) in [7, 11) is 0. The third kappa shape index (κ3) is 4.87. The number of halogens is 4. The van der Waals surface area contributed by atoms with Gasteiger partial charge in [0.2, 0.25) is 0 Å². The summed E-state index contributed by atoms with van der Waals surface area (Å²) < 4.78 is 47.1. The Morgan fingerprint density at radius 3 is 2.59 bits per heavy atom. The number of ether oxygens (including phenoxy) is 1. The van der Waals surface area contributed by atoms with E-state index in [-0.39, 0.29) is 22.1 Å². The highest BCUT2D eigenvalue weighted by atomic mass is 35.5. The van der Waals surface area contributed by atoms with Gasteiger partial charge in [0.1, 0.15) is 5.02 Å². The van der Waals surface area contributed by atoms with Crippen LogP contribution in [0.15, 0.2) is 36.4 Å². The lowest BCUT2D eigenvalue weighted by Gasteiger charge is -2.26. The van der Waals surface area contributed by atoms with E-state index in [9.17, 15) is 18.0 Å². The molecule has 170 valence electrons. The fourth-order valence-electron chi connectivity index (χ4n) is 3.51. The van der Waals surface area contributed by atoms with Gasteiger partial charge in [-0.1, -0.05) is 41.9 Å². The first-order valence-electron chi connectivity index (χ1n) is 10.1. The third-order valence-corrected chi connectivity index (χ3v) is 5.50. The van der Waals surface area contributed by atoms with Crippen molar-refractivity contribution in [2.24, 2.45) is 0 Å². The molecule has 0 unspecified atom stereocenters. The van der Waals surface area contributed by atoms with E-state index in [1.165, 1.54) is 0 Å². The van der Waals surface area contributed by atoms with Gasteiger partial charge in [0.15, 0.2) is 17.0 Å². The lowest BCUT2D eigenvalue weighted by molar-refractivity contribution is -0.142. The van der Waals surface area contributed by atoms with E-state index in [0.29, 0.717) is 36.3 Å². The first-order valence-corrected chi connectivity index (χ1v) is 10.5. The lowest BCUT2D eigenvalue weighted by Crippen LogP contribution is -2.38. The lowest BCUT2D eigenvalue weighted by atomic mass is 10.1. The molecule has 1 fully saturated rings. The third-order valence-electron chi connectivity index (χ3n) is 5.15. The van der Waals surface area contributed by atoms with Crippen molar-refractivity contribution < 1.29 is 22.7 Å². The number of alkyl halides is 3. The number of rotatable bonds is 6. The first kappa shape index (κ1) is 22.5. The summed E-state index contributed by atoms with van der Waals surface area (Å²) >= 11 is 6.27. The molecule has 1 N–H and O–H groups in total. The van der Waals surface area contributed by atoms with Gasteiger partial charge in [-0.25, -0.2) is 9.50 Å². The summed E-state index contributed by atoms with van der Waals surface area (Å²) in [5, 5.41) is 6.30. The molecule has 2 aromatic heterocycles. The highest BCUT2D eigenvalue weighted by Gasteiger charge is 2.36. The van der Waals surface area contributed by atoms with Crippen molar-refractivity contribution in [1.82, 2.24) is 24.8 Å². The number of nitrogens with zero attached hydrogens (tertiary/aromatic N) is 4. The van der Waals surface area contributed by atoms with E-state index in [1.54, 1.807) is 30.3 Å². The Hall–Kier alpha value is -2.69. The van der Waals surface area contributed by atoms with Crippen molar-refractivity contribution >= 4 is 23.2 Å². The molecular weight excluding hydrogens is 447 g/mol. The number of fused-ring (bicyclic) bond motifs is 1. The fraction of sp³-hybridized carbons (Fsp3) is 0.381. The summed E-state index contributed by atoms with van der Waals surface area (Å²) in [5.41, 5.74) is -0.994. The number of hydrogen-bond acceptors (Lipinski definition) is 5. The van der Waals surface area contributed by atoms with Gasteiger partial charge in [0.25, 0.3) is 5.91 Å². The van der Waals surface area contributed by atoms with Crippen LogP contribution in [0.25, 0.3) is 16.9 Å². The van der Waals surface area contributed by atoms with Crippen molar-refractivity contribution in [3.8, 4) is 11.3 Å². The summed E-state index contributed by atoms with van der Waals surface area (Å²) in [6.07, 6.45) is -4.03. The van der Waals surface area contributed by atoms with Gasteiger partial charge in [0.05, 0.1) is 18.9 Å². The molecule has 0 bridgehead atoms. The summed E-state index contributed by atoms with van der Waals surface area (Å²) in [6.45, 7) is 4.16. The van der Waals surface area contributed by atoms with Gasteiger partial charge in [-0.2, -0.15) is 18.3 Å². The summed E-state index contributed by atoms with van der Waals surface area (Å²) in [5.74, 6) is -0.642. The number of carbonyl (C=O) groups excluding carboxylic acids is 1. The maximum atomic E-state index is 13.7. The summed E-state index contributed by atoms with van der Waals surface area (Å²) in [4.78, 5) is 19.1. The molecule has 32 heavy (non-hydrogen) atoms. The topological polar surface area (TPSA) is 71.8 Å². The van der Waals surface area contributed by atoms with Crippen molar-refractivity contribution in [1.29, 1.82) is 0 Å². The van der Waals surface area contributed by atoms with Crippen molar-refractivity contribution in [3.63, 3.8) is 0 Å². The zero-order valence-corrected chi connectivity index (χ0v) is 17.8. The van der Waals surface area contributed by atoms with Crippen molar-refractivity contribution in [3.05, 3.63) is 52.8 Å². The van der Waals surface area contributed by atoms with Crippen LogP contribution in [0.1, 0.15) is 22.6 Å². The van der Waals surface area contributed by atoms with Crippen LogP contribution in [0.2, 0.25) is 5.02 Å². The highest BCUT2D eigenvalue weighted by molar-refractivity contribution is 6.36. The highest BCUT2D eigenvalue weighted by Crippen LogP contribution is 2.34. The second-order valence-electron chi connectivity index (χ2n) is 7.35. The van der Waals surface area contributed by atoms with E-state index >= 15 is 0 Å². The van der Waals surface area contributed by atoms with Gasteiger partial charge < -0.3 is 10.1 Å². The number of hydrogen-bond donors (Lipinski definition) is 1. The van der Waals surface area contributed by atoms with E-state index in [4.69, 9.17) is 16.3 Å². The fourth-order valence-corrected chi connectivity index (χ4v) is 3.75. The summed E-state index contributed by atoms with van der Waals surface area (Å²) in [6, 6.07) is 9.33. The molecule has 7 nitrogen and oxygen atoms in total. The normalized spacial score (nSPS) is 15.2. The average Bonchev–Trinajstić information content (AvgIpc) is 3.13. The minimum atomic E-state index is -4.72. The Labute approximate surface area is 187 Å². The van der Waals surface area contributed by atoms with Crippen LogP contribution in [0.3, 0.4) is 0 Å². The predicted octanol–water partition coefficient (Wildman–Crippen LogP) is 3.52. The Kier molecular flexibility index (Phi) is 6.63. The number of amides is 1. The second kappa shape index (κ2) is 9.43. The van der Waals surface area contributed by atoms with Crippen molar-refractivity contribution in [2.45, 2.75) is 12.6 Å². The first-order chi connectivity index (χ1) is 15.3. The molecule has 1 aliphatic heterocycles. The predicted molar refractivity (Wildman–Crippen MR) is 113 cm³/mol. The maximum absolute atomic E-state index is 13.7. The average molecular weight is 468 g/mol. The molecule has 0 atom stereocenters. The zero-order valence-electron chi connectivity index (χ0n) is 17.0. The minimum absolute atomic E-state index is 0.0877. The molecule has 0 spiro atoms. The standard InChI is InChI=1S/C21H21ClF3N5O2/c22-17-18(20(31)26-7-4-8-29-9-11-32-12-10-29)28-30-16(21(23,24)25)13-15(27-19(17)30)14-5-2-1-3-6-14/h1-3,5-6,13H,4,7-12H2,(H,26,31). The minimum Gasteiger partial charge on any atom is -0.379 e. The van der Waals surface area contributed by atoms with Crippen LogP contribution in [-0.4, -0.2) is 64.8 Å². The monoisotopic (exact) mass is 467 g/mol. The molecule has 3 heterocycles. The van der Waals surface area contributed by atoms with Crippen molar-refractivity contribution in [2.75, 3.05) is 39.4 Å². The molecule has 0 aliphatic carbocycles. The number of benzene rings is 1. The molecule has 11 heteroatoms. The van der Waals surface area contributed by atoms with Gasteiger partial charge in [-0.3, -0.25) is 9.69 Å². The number of nitrogens with one attached hydrogen (secondary N) is 1. The van der Waals surface area contributed by atoms with Crippen LogP contribution in [-0.2, 0) is 10.9 Å². The number of morpholine rings is 1. The molecule has 3 aromatic rings. The largest absolute Gasteiger partial charge is 0.433 e.